The molecule has 0 aliphatic rings. The number of ketones is 1. The zero-order valence-corrected chi connectivity index (χ0v) is 9.90. The second kappa shape index (κ2) is 5.45. The maximum atomic E-state index is 13.0. The summed E-state index contributed by atoms with van der Waals surface area (Å²) < 4.78 is 13.0. The van der Waals surface area contributed by atoms with Crippen molar-refractivity contribution in [2.45, 2.75) is 12.8 Å². The average Bonchev–Trinajstić information content (AvgIpc) is 2.36. The van der Waals surface area contributed by atoms with Crippen molar-refractivity contribution in [1.82, 2.24) is 0 Å². The molecule has 0 bridgehead atoms. The molecule has 2 rings (SSSR count). The second-order valence-corrected chi connectivity index (χ2v) is 4.18. The monoisotopic (exact) mass is 243 g/mol. The van der Waals surface area contributed by atoms with Gasteiger partial charge in [-0.2, -0.15) is 0 Å². The molecule has 0 spiro atoms. The smallest absolute Gasteiger partial charge is 0.163 e. The molecular formula is C15H14FNO. The molecule has 0 aliphatic carbocycles. The Morgan fingerprint density at radius 2 is 1.89 bits per heavy atom. The molecule has 0 saturated heterocycles. The molecule has 0 unspecified atom stereocenters. The van der Waals surface area contributed by atoms with Crippen LogP contribution >= 0.6 is 0 Å². The highest BCUT2D eigenvalue weighted by molar-refractivity contribution is 5.96. The lowest BCUT2D eigenvalue weighted by molar-refractivity contribution is 0.0982. The van der Waals surface area contributed by atoms with Crippen molar-refractivity contribution in [2.75, 3.05) is 5.73 Å². The number of hydrogen-bond acceptors (Lipinski definition) is 2. The number of aryl methyl sites for hydroxylation is 1. The fraction of sp³-hybridized carbons (Fsp3) is 0.133. The minimum Gasteiger partial charge on any atom is -0.399 e. The lowest BCUT2D eigenvalue weighted by Gasteiger charge is -2.03. The molecule has 18 heavy (non-hydrogen) atoms. The van der Waals surface area contributed by atoms with Crippen LogP contribution in [0, 0.1) is 5.82 Å². The van der Waals surface area contributed by atoms with Gasteiger partial charge in [-0.1, -0.05) is 24.3 Å². The number of nitrogens with two attached hydrogens (primary N) is 1. The van der Waals surface area contributed by atoms with Gasteiger partial charge in [-0.25, -0.2) is 4.39 Å². The zero-order valence-electron chi connectivity index (χ0n) is 9.90. The van der Waals surface area contributed by atoms with Gasteiger partial charge in [0, 0.05) is 17.7 Å². The van der Waals surface area contributed by atoms with E-state index in [1.54, 1.807) is 18.2 Å². The van der Waals surface area contributed by atoms with Crippen LogP contribution in [0.4, 0.5) is 10.1 Å². The summed E-state index contributed by atoms with van der Waals surface area (Å²) >= 11 is 0. The van der Waals surface area contributed by atoms with E-state index in [9.17, 15) is 9.18 Å². The number of nitrogen functional groups attached to an aromatic ring is 1. The fourth-order valence-corrected chi connectivity index (χ4v) is 1.81. The van der Waals surface area contributed by atoms with E-state index < -0.39 is 0 Å². The first-order chi connectivity index (χ1) is 8.65. The van der Waals surface area contributed by atoms with E-state index in [0.29, 0.717) is 24.1 Å². The maximum absolute atomic E-state index is 13.0. The van der Waals surface area contributed by atoms with Gasteiger partial charge in [-0.15, -0.1) is 0 Å². The van der Waals surface area contributed by atoms with Crippen LogP contribution in [0.25, 0.3) is 0 Å². The van der Waals surface area contributed by atoms with Gasteiger partial charge in [0.2, 0.25) is 0 Å². The van der Waals surface area contributed by atoms with E-state index in [2.05, 4.69) is 0 Å². The Bertz CT molecular complexity index is 566. The number of carbonyl (C=O) groups is 1. The first kappa shape index (κ1) is 12.3. The number of rotatable bonds is 4. The minimum absolute atomic E-state index is 0.0584. The summed E-state index contributed by atoms with van der Waals surface area (Å²) in [6.45, 7) is 0. The van der Waals surface area contributed by atoms with Gasteiger partial charge in [-0.05, 0) is 36.2 Å². The normalized spacial score (nSPS) is 10.3. The van der Waals surface area contributed by atoms with Crippen molar-refractivity contribution < 1.29 is 9.18 Å². The van der Waals surface area contributed by atoms with Crippen molar-refractivity contribution >= 4 is 11.5 Å². The van der Waals surface area contributed by atoms with Crippen LogP contribution in [0.5, 0.6) is 0 Å². The van der Waals surface area contributed by atoms with Gasteiger partial charge in [-0.3, -0.25) is 4.79 Å². The van der Waals surface area contributed by atoms with Crippen LogP contribution in [0.15, 0.2) is 48.5 Å². The highest BCUT2D eigenvalue weighted by Crippen LogP contribution is 2.12. The first-order valence-electron chi connectivity index (χ1n) is 5.78. The molecule has 0 aliphatic heterocycles. The van der Waals surface area contributed by atoms with Crippen LogP contribution < -0.4 is 5.73 Å². The van der Waals surface area contributed by atoms with Crippen LogP contribution in [-0.4, -0.2) is 5.78 Å². The summed E-state index contributed by atoms with van der Waals surface area (Å²) in [5.41, 5.74) is 7.78. The third-order valence-electron chi connectivity index (χ3n) is 2.74. The van der Waals surface area contributed by atoms with Crippen molar-refractivity contribution in [3.8, 4) is 0 Å². The lowest BCUT2D eigenvalue weighted by Crippen LogP contribution is -2.01. The number of benzene rings is 2. The largest absolute Gasteiger partial charge is 0.399 e. The van der Waals surface area contributed by atoms with Crippen LogP contribution in [0.3, 0.4) is 0 Å². The molecule has 0 atom stereocenters. The molecule has 2 nitrogen and oxygen atoms in total. The predicted molar refractivity (Wildman–Crippen MR) is 69.9 cm³/mol. The fourth-order valence-electron chi connectivity index (χ4n) is 1.81. The van der Waals surface area contributed by atoms with Crippen molar-refractivity contribution in [1.29, 1.82) is 0 Å². The van der Waals surface area contributed by atoms with E-state index in [0.717, 1.165) is 5.56 Å². The molecule has 0 heterocycles. The molecule has 2 aromatic rings. The number of anilines is 1. The molecule has 0 fully saturated rings. The number of halogens is 1. The van der Waals surface area contributed by atoms with Crippen LogP contribution in [0.2, 0.25) is 0 Å². The number of carbonyl (C=O) groups excluding carboxylic acids is 1. The first-order valence-corrected chi connectivity index (χ1v) is 5.78. The molecule has 0 saturated carbocycles. The Labute approximate surface area is 105 Å². The summed E-state index contributed by atoms with van der Waals surface area (Å²) in [5.74, 6) is -0.443. The van der Waals surface area contributed by atoms with Crippen molar-refractivity contribution in [2.24, 2.45) is 0 Å². The van der Waals surface area contributed by atoms with E-state index in [1.807, 2.05) is 18.2 Å². The van der Waals surface area contributed by atoms with Gasteiger partial charge in [0.15, 0.2) is 5.78 Å². The zero-order chi connectivity index (χ0) is 13.0. The second-order valence-electron chi connectivity index (χ2n) is 4.18. The molecular weight excluding hydrogens is 229 g/mol. The molecule has 3 heteroatoms. The Kier molecular flexibility index (Phi) is 3.72. The average molecular weight is 243 g/mol. The third-order valence-corrected chi connectivity index (χ3v) is 2.74. The molecule has 0 amide bonds. The van der Waals surface area contributed by atoms with E-state index in [-0.39, 0.29) is 11.6 Å². The summed E-state index contributed by atoms with van der Waals surface area (Å²) in [6, 6.07) is 13.2. The maximum Gasteiger partial charge on any atom is 0.163 e. The van der Waals surface area contributed by atoms with Crippen LogP contribution in [0.1, 0.15) is 22.3 Å². The predicted octanol–water partition coefficient (Wildman–Crippen LogP) is 3.22. The van der Waals surface area contributed by atoms with Gasteiger partial charge in [0.1, 0.15) is 5.82 Å². The highest BCUT2D eigenvalue weighted by atomic mass is 19.1. The molecule has 0 aromatic heterocycles. The van der Waals surface area contributed by atoms with Crippen molar-refractivity contribution in [3.63, 3.8) is 0 Å². The van der Waals surface area contributed by atoms with Gasteiger partial charge < -0.3 is 5.73 Å². The van der Waals surface area contributed by atoms with Gasteiger partial charge in [0.05, 0.1) is 0 Å². The summed E-state index contributed by atoms with van der Waals surface area (Å²) in [7, 11) is 0. The SMILES string of the molecule is Nc1cccc(CCC(=O)c2cccc(F)c2)c1. The van der Waals surface area contributed by atoms with Gasteiger partial charge >= 0.3 is 0 Å². The number of hydrogen-bond donors (Lipinski definition) is 1. The Morgan fingerprint density at radius 3 is 2.61 bits per heavy atom. The summed E-state index contributed by atoms with van der Waals surface area (Å²) in [4.78, 5) is 11.9. The Hall–Kier alpha value is -2.16. The Morgan fingerprint density at radius 1 is 1.11 bits per heavy atom. The molecule has 2 N–H and O–H groups in total. The minimum atomic E-state index is -0.384. The van der Waals surface area contributed by atoms with E-state index in [1.165, 1.54) is 12.1 Å². The van der Waals surface area contributed by atoms with Crippen molar-refractivity contribution in [3.05, 3.63) is 65.5 Å². The number of Topliss-reactive ketones (excluding diaryl/α,β-unsaturated/α-hetero) is 1. The third kappa shape index (κ3) is 3.17. The summed E-state index contributed by atoms with van der Waals surface area (Å²) in [5, 5.41) is 0. The lowest BCUT2D eigenvalue weighted by atomic mass is 10.0. The standard InChI is InChI=1S/C15H14FNO/c16-13-5-2-4-12(10-13)15(18)8-7-11-3-1-6-14(17)9-11/h1-6,9-10H,7-8,17H2. The van der Waals surface area contributed by atoms with E-state index in [4.69, 9.17) is 5.73 Å². The van der Waals surface area contributed by atoms with E-state index >= 15 is 0 Å². The topological polar surface area (TPSA) is 43.1 Å². The molecule has 2 aromatic carbocycles. The quantitative estimate of drug-likeness (QED) is 0.661. The molecule has 92 valence electrons. The highest BCUT2D eigenvalue weighted by Gasteiger charge is 2.07. The summed E-state index contributed by atoms with van der Waals surface area (Å²) in [6.07, 6.45) is 0.966. The van der Waals surface area contributed by atoms with Gasteiger partial charge in [0.25, 0.3) is 0 Å². The Balaban J connectivity index is 2.00. The van der Waals surface area contributed by atoms with Crippen LogP contribution in [-0.2, 0) is 6.42 Å². The molecule has 0 radical (unpaired) electrons.